The first-order chi connectivity index (χ1) is 10.0. The number of rotatable bonds is 7. The highest BCUT2D eigenvalue weighted by atomic mass is 16.5. The largest absolute Gasteiger partial charge is 0.496 e. The molecule has 1 aromatic carbocycles. The van der Waals surface area contributed by atoms with Crippen molar-refractivity contribution >= 4 is 12.1 Å². The molecular formula is C17H24N2O2. The molecule has 4 nitrogen and oxygen atoms in total. The van der Waals surface area contributed by atoms with Crippen LogP contribution < -0.4 is 10.1 Å². The van der Waals surface area contributed by atoms with Crippen LogP contribution in [0.4, 0.5) is 0 Å². The quantitative estimate of drug-likeness (QED) is 0.619. The highest BCUT2D eigenvalue weighted by Gasteiger charge is 2.11. The Hall–Kier alpha value is -2.10. The maximum atomic E-state index is 11.5. The average molecular weight is 288 g/mol. The van der Waals surface area contributed by atoms with E-state index in [-0.39, 0.29) is 11.8 Å². The van der Waals surface area contributed by atoms with Crippen LogP contribution in [0, 0.1) is 19.8 Å². The van der Waals surface area contributed by atoms with Gasteiger partial charge in [-0.05, 0) is 37.5 Å². The van der Waals surface area contributed by atoms with Crippen LogP contribution in [0.3, 0.4) is 0 Å². The Morgan fingerprint density at radius 3 is 2.76 bits per heavy atom. The van der Waals surface area contributed by atoms with Crippen LogP contribution in [0.2, 0.25) is 0 Å². The molecule has 0 aliphatic carbocycles. The van der Waals surface area contributed by atoms with Gasteiger partial charge in [-0.2, -0.15) is 0 Å². The van der Waals surface area contributed by atoms with Gasteiger partial charge in [-0.15, -0.1) is 6.58 Å². The number of aliphatic imine (C=N–C) groups is 1. The molecule has 0 aromatic heterocycles. The second kappa shape index (κ2) is 8.25. The number of hydrogen-bond donors (Lipinski definition) is 1. The predicted octanol–water partition coefficient (Wildman–Crippen LogP) is 2.67. The van der Waals surface area contributed by atoms with Crippen molar-refractivity contribution in [3.05, 3.63) is 41.5 Å². The summed E-state index contributed by atoms with van der Waals surface area (Å²) in [5.74, 6) is 0.619. The van der Waals surface area contributed by atoms with E-state index in [1.165, 1.54) is 5.56 Å². The SMILES string of the molecule is C=CC(CCN=Cc1cc(C)cc(C)c1OC)C(=O)NC. The Morgan fingerprint density at radius 2 is 2.19 bits per heavy atom. The molecule has 0 aliphatic rings. The van der Waals surface area contributed by atoms with E-state index in [0.29, 0.717) is 13.0 Å². The summed E-state index contributed by atoms with van der Waals surface area (Å²) in [7, 11) is 3.29. The van der Waals surface area contributed by atoms with Gasteiger partial charge in [-0.3, -0.25) is 9.79 Å². The smallest absolute Gasteiger partial charge is 0.226 e. The molecule has 0 heterocycles. The summed E-state index contributed by atoms with van der Waals surface area (Å²) in [5, 5.41) is 2.63. The third-order valence-electron chi connectivity index (χ3n) is 3.32. The number of amides is 1. The van der Waals surface area contributed by atoms with Crippen LogP contribution in [-0.4, -0.2) is 32.8 Å². The van der Waals surface area contributed by atoms with Gasteiger partial charge in [0.1, 0.15) is 5.75 Å². The Bertz CT molecular complexity index is 536. The Balaban J connectivity index is 2.73. The molecule has 1 N–H and O–H groups in total. The summed E-state index contributed by atoms with van der Waals surface area (Å²) in [6.45, 7) is 8.32. The van der Waals surface area contributed by atoms with Gasteiger partial charge in [-0.1, -0.05) is 12.1 Å². The van der Waals surface area contributed by atoms with E-state index in [1.54, 1.807) is 20.2 Å². The van der Waals surface area contributed by atoms with Crippen molar-refractivity contribution in [2.75, 3.05) is 20.7 Å². The summed E-state index contributed by atoms with van der Waals surface area (Å²) in [5.41, 5.74) is 3.22. The maximum Gasteiger partial charge on any atom is 0.226 e. The van der Waals surface area contributed by atoms with E-state index in [0.717, 1.165) is 16.9 Å². The number of benzene rings is 1. The van der Waals surface area contributed by atoms with E-state index in [4.69, 9.17) is 4.74 Å². The molecule has 0 saturated carbocycles. The Kier molecular flexibility index (Phi) is 6.66. The summed E-state index contributed by atoms with van der Waals surface area (Å²) in [4.78, 5) is 15.9. The third kappa shape index (κ3) is 4.74. The van der Waals surface area contributed by atoms with Gasteiger partial charge in [0.15, 0.2) is 0 Å². The summed E-state index contributed by atoms with van der Waals surface area (Å²) in [6, 6.07) is 4.12. The number of methoxy groups -OCH3 is 1. The van der Waals surface area contributed by atoms with E-state index in [1.807, 2.05) is 26.1 Å². The first-order valence-corrected chi connectivity index (χ1v) is 7.02. The van der Waals surface area contributed by atoms with Gasteiger partial charge in [0.05, 0.1) is 13.0 Å². The maximum absolute atomic E-state index is 11.5. The summed E-state index contributed by atoms with van der Waals surface area (Å²) in [6.07, 6.45) is 4.11. The second-order valence-corrected chi connectivity index (χ2v) is 4.98. The van der Waals surface area contributed by atoms with E-state index >= 15 is 0 Å². The Morgan fingerprint density at radius 1 is 1.48 bits per heavy atom. The van der Waals surface area contributed by atoms with Gasteiger partial charge in [0.2, 0.25) is 5.91 Å². The molecule has 0 aliphatic heterocycles. The number of nitrogens with zero attached hydrogens (tertiary/aromatic N) is 1. The number of nitrogens with one attached hydrogen (secondary N) is 1. The average Bonchev–Trinajstić information content (AvgIpc) is 2.46. The zero-order valence-corrected chi connectivity index (χ0v) is 13.3. The highest BCUT2D eigenvalue weighted by molar-refractivity contribution is 5.84. The minimum absolute atomic E-state index is 0.0239. The predicted molar refractivity (Wildman–Crippen MR) is 87.3 cm³/mol. The lowest BCUT2D eigenvalue weighted by Gasteiger charge is -2.10. The van der Waals surface area contributed by atoms with Crippen molar-refractivity contribution in [3.8, 4) is 5.75 Å². The fourth-order valence-corrected chi connectivity index (χ4v) is 2.28. The van der Waals surface area contributed by atoms with E-state index < -0.39 is 0 Å². The fourth-order valence-electron chi connectivity index (χ4n) is 2.28. The molecule has 0 bridgehead atoms. The normalized spacial score (nSPS) is 12.2. The van der Waals surface area contributed by atoms with Crippen molar-refractivity contribution in [1.29, 1.82) is 0 Å². The zero-order valence-electron chi connectivity index (χ0n) is 13.3. The minimum Gasteiger partial charge on any atom is -0.496 e. The molecule has 21 heavy (non-hydrogen) atoms. The molecule has 0 spiro atoms. The van der Waals surface area contributed by atoms with Gasteiger partial charge >= 0.3 is 0 Å². The van der Waals surface area contributed by atoms with Crippen molar-refractivity contribution in [2.45, 2.75) is 20.3 Å². The van der Waals surface area contributed by atoms with Crippen LogP contribution >= 0.6 is 0 Å². The van der Waals surface area contributed by atoms with Crippen molar-refractivity contribution < 1.29 is 9.53 Å². The monoisotopic (exact) mass is 288 g/mol. The number of aryl methyl sites for hydroxylation is 2. The number of carbonyl (C=O) groups excluding carboxylic acids is 1. The standard InChI is InChI=1S/C17H24N2O2/c1-6-14(17(20)18-4)7-8-19-11-15-10-12(2)9-13(3)16(15)21-5/h6,9-11,14H,1,7-8H2,2-5H3,(H,18,20). The molecule has 0 fully saturated rings. The molecule has 1 amide bonds. The molecule has 4 heteroatoms. The second-order valence-electron chi connectivity index (χ2n) is 4.98. The molecule has 0 saturated heterocycles. The minimum atomic E-state index is -0.201. The topological polar surface area (TPSA) is 50.7 Å². The van der Waals surface area contributed by atoms with Gasteiger partial charge in [-0.25, -0.2) is 0 Å². The highest BCUT2D eigenvalue weighted by Crippen LogP contribution is 2.23. The fraction of sp³-hybridized carbons (Fsp3) is 0.412. The van der Waals surface area contributed by atoms with Gasteiger partial charge in [0.25, 0.3) is 0 Å². The molecule has 1 atom stereocenters. The first kappa shape index (κ1) is 17.0. The lowest BCUT2D eigenvalue weighted by atomic mass is 10.0. The van der Waals surface area contributed by atoms with Crippen molar-refractivity contribution in [2.24, 2.45) is 10.9 Å². The zero-order chi connectivity index (χ0) is 15.8. The molecular weight excluding hydrogens is 264 g/mol. The van der Waals surface area contributed by atoms with Crippen LogP contribution in [-0.2, 0) is 4.79 Å². The summed E-state index contributed by atoms with van der Waals surface area (Å²) >= 11 is 0. The van der Waals surface area contributed by atoms with Crippen molar-refractivity contribution in [3.63, 3.8) is 0 Å². The van der Waals surface area contributed by atoms with Crippen molar-refractivity contribution in [1.82, 2.24) is 5.32 Å². The van der Waals surface area contributed by atoms with E-state index in [9.17, 15) is 4.79 Å². The third-order valence-corrected chi connectivity index (χ3v) is 3.32. The number of carbonyl (C=O) groups is 1. The lowest BCUT2D eigenvalue weighted by molar-refractivity contribution is -0.123. The molecule has 114 valence electrons. The van der Waals surface area contributed by atoms with Crippen LogP contribution in [0.15, 0.2) is 29.8 Å². The van der Waals surface area contributed by atoms with Crippen LogP contribution in [0.25, 0.3) is 0 Å². The van der Waals surface area contributed by atoms with Crippen LogP contribution in [0.1, 0.15) is 23.1 Å². The van der Waals surface area contributed by atoms with Crippen LogP contribution in [0.5, 0.6) is 5.75 Å². The molecule has 0 radical (unpaired) electrons. The van der Waals surface area contributed by atoms with Gasteiger partial charge in [0, 0.05) is 25.4 Å². The molecule has 1 unspecified atom stereocenters. The number of ether oxygens (including phenoxy) is 1. The molecule has 1 aromatic rings. The van der Waals surface area contributed by atoms with Gasteiger partial charge < -0.3 is 10.1 Å². The summed E-state index contributed by atoms with van der Waals surface area (Å²) < 4.78 is 5.41. The number of hydrogen-bond acceptors (Lipinski definition) is 3. The Labute approximate surface area is 126 Å². The van der Waals surface area contributed by atoms with E-state index in [2.05, 4.69) is 23.0 Å². The first-order valence-electron chi connectivity index (χ1n) is 7.02. The lowest BCUT2D eigenvalue weighted by Crippen LogP contribution is -2.26. The molecule has 1 rings (SSSR count).